The van der Waals surface area contributed by atoms with Crippen LogP contribution in [0.1, 0.15) is 45.4 Å². The molecular weight excluding hydrogens is 427 g/mol. The monoisotopic (exact) mass is 466 g/mol. The van der Waals surface area contributed by atoms with Gasteiger partial charge in [0, 0.05) is 45.9 Å². The Morgan fingerprint density at radius 1 is 1.12 bits per heavy atom. The molecule has 0 aromatic rings. The minimum Gasteiger partial charge on any atom is -0.381 e. The van der Waals surface area contributed by atoms with Crippen molar-refractivity contribution in [3.8, 4) is 0 Å². The highest BCUT2D eigenvalue weighted by Gasteiger charge is 2.35. The van der Waals surface area contributed by atoms with Gasteiger partial charge in [-0.1, -0.05) is 19.8 Å². The number of guanidine groups is 1. The largest absolute Gasteiger partial charge is 0.381 e. The molecule has 0 amide bonds. The van der Waals surface area contributed by atoms with Gasteiger partial charge in [0.2, 0.25) is 0 Å². The lowest BCUT2D eigenvalue weighted by atomic mass is 9.83. The third-order valence-corrected chi connectivity index (χ3v) is 6.19. The van der Waals surface area contributed by atoms with Crippen molar-refractivity contribution < 1.29 is 4.74 Å². The summed E-state index contributed by atoms with van der Waals surface area (Å²) >= 11 is 0. The lowest BCUT2D eigenvalue weighted by molar-refractivity contribution is -0.00524. The molecule has 0 unspecified atom stereocenters. The molecule has 1 saturated carbocycles. The Morgan fingerprint density at radius 3 is 2.24 bits per heavy atom. The van der Waals surface area contributed by atoms with Gasteiger partial charge in [-0.05, 0) is 51.6 Å². The fourth-order valence-electron chi connectivity index (χ4n) is 4.15. The normalized spacial score (nSPS) is 26.9. The molecule has 1 heterocycles. The first-order valence-corrected chi connectivity index (χ1v) is 9.64. The predicted molar refractivity (Wildman–Crippen MR) is 117 cm³/mol. The molecule has 5 nitrogen and oxygen atoms in total. The maximum absolute atomic E-state index is 5.57. The van der Waals surface area contributed by atoms with Gasteiger partial charge in [-0.2, -0.15) is 0 Å². The van der Waals surface area contributed by atoms with Crippen LogP contribution in [0.25, 0.3) is 0 Å². The van der Waals surface area contributed by atoms with Crippen molar-refractivity contribution >= 4 is 29.9 Å². The van der Waals surface area contributed by atoms with Crippen LogP contribution in [0.2, 0.25) is 0 Å². The number of aliphatic imine (C=N–C) groups is 1. The lowest BCUT2D eigenvalue weighted by Gasteiger charge is -2.43. The third-order valence-electron chi connectivity index (χ3n) is 6.19. The van der Waals surface area contributed by atoms with Gasteiger partial charge in [0.1, 0.15) is 0 Å². The maximum Gasteiger partial charge on any atom is 0.193 e. The Bertz CT molecular complexity index is 402. The summed E-state index contributed by atoms with van der Waals surface area (Å²) in [6, 6.07) is 0. The zero-order chi connectivity index (χ0) is 17.6. The number of hydrogen-bond acceptors (Lipinski definition) is 3. The molecule has 25 heavy (non-hydrogen) atoms. The van der Waals surface area contributed by atoms with Gasteiger partial charge in [0.15, 0.2) is 5.96 Å². The van der Waals surface area contributed by atoms with Crippen molar-refractivity contribution in [2.24, 2.45) is 16.8 Å². The van der Waals surface area contributed by atoms with Crippen LogP contribution in [0, 0.1) is 11.8 Å². The Morgan fingerprint density at radius 2 is 1.72 bits per heavy atom. The molecule has 1 aliphatic carbocycles. The van der Waals surface area contributed by atoms with Crippen LogP contribution in [-0.2, 0) is 4.74 Å². The number of likely N-dealkylation sites (N-methyl/N-ethyl adjacent to an activating group) is 1. The van der Waals surface area contributed by atoms with Gasteiger partial charge in [0.25, 0.3) is 0 Å². The molecule has 0 aromatic heterocycles. The summed E-state index contributed by atoms with van der Waals surface area (Å²) in [5, 5.41) is 3.64. The van der Waals surface area contributed by atoms with E-state index in [0.29, 0.717) is 0 Å². The summed E-state index contributed by atoms with van der Waals surface area (Å²) in [7, 11) is 8.44. The van der Waals surface area contributed by atoms with E-state index in [2.05, 4.69) is 48.2 Å². The highest BCUT2D eigenvalue weighted by Crippen LogP contribution is 2.29. The summed E-state index contributed by atoms with van der Waals surface area (Å²) in [5.74, 6) is 2.76. The van der Waals surface area contributed by atoms with E-state index in [0.717, 1.165) is 56.9 Å². The van der Waals surface area contributed by atoms with Crippen LogP contribution in [0.5, 0.6) is 0 Å². The smallest absolute Gasteiger partial charge is 0.193 e. The number of nitrogens with zero attached hydrogens (tertiary/aromatic N) is 3. The highest BCUT2D eigenvalue weighted by molar-refractivity contribution is 14.0. The number of halogens is 1. The first-order valence-electron chi connectivity index (χ1n) is 9.64. The Hall–Kier alpha value is -0.0800. The minimum absolute atomic E-state index is 0. The van der Waals surface area contributed by atoms with E-state index < -0.39 is 0 Å². The fraction of sp³-hybridized carbons (Fsp3) is 0.947. The van der Waals surface area contributed by atoms with E-state index in [1.165, 1.54) is 25.7 Å². The number of ether oxygens (including phenoxy) is 1. The zero-order valence-corrected chi connectivity index (χ0v) is 19.2. The SMILES string of the molecule is CN=C(NCC1(N(C)C)CCOCC1)N(C)CC1CCC(C)CC1.I. The van der Waals surface area contributed by atoms with Crippen LogP contribution in [-0.4, -0.2) is 75.8 Å². The van der Waals surface area contributed by atoms with Crippen molar-refractivity contribution in [2.45, 2.75) is 51.0 Å². The van der Waals surface area contributed by atoms with Crippen molar-refractivity contribution in [1.29, 1.82) is 0 Å². The van der Waals surface area contributed by atoms with Crippen molar-refractivity contribution in [1.82, 2.24) is 15.1 Å². The van der Waals surface area contributed by atoms with Gasteiger partial charge >= 0.3 is 0 Å². The summed E-state index contributed by atoms with van der Waals surface area (Å²) in [6.07, 6.45) is 7.65. The Balaban J connectivity index is 0.00000312. The Labute approximate surface area is 172 Å². The molecule has 0 aromatic carbocycles. The average Bonchev–Trinajstić information content (AvgIpc) is 2.58. The van der Waals surface area contributed by atoms with Crippen molar-refractivity contribution in [3.63, 3.8) is 0 Å². The molecular formula is C19H39IN4O. The molecule has 0 atom stereocenters. The summed E-state index contributed by atoms with van der Waals surface area (Å²) in [4.78, 5) is 9.21. The van der Waals surface area contributed by atoms with Crippen LogP contribution in [0.3, 0.4) is 0 Å². The number of hydrogen-bond donors (Lipinski definition) is 1. The van der Waals surface area contributed by atoms with E-state index >= 15 is 0 Å². The van der Waals surface area contributed by atoms with E-state index in [1.807, 2.05) is 7.05 Å². The molecule has 6 heteroatoms. The summed E-state index contributed by atoms with van der Waals surface area (Å²) < 4.78 is 5.57. The third kappa shape index (κ3) is 6.54. The molecule has 0 radical (unpaired) electrons. The summed E-state index contributed by atoms with van der Waals surface area (Å²) in [6.45, 7) is 6.14. The summed E-state index contributed by atoms with van der Waals surface area (Å²) in [5.41, 5.74) is 0.176. The quantitative estimate of drug-likeness (QED) is 0.384. The minimum atomic E-state index is 0. The lowest BCUT2D eigenvalue weighted by Crippen LogP contribution is -2.57. The van der Waals surface area contributed by atoms with Gasteiger partial charge < -0.3 is 19.9 Å². The molecule has 2 aliphatic rings. The molecule has 2 rings (SSSR count). The molecule has 148 valence electrons. The van der Waals surface area contributed by atoms with E-state index in [4.69, 9.17) is 4.74 Å². The second kappa shape index (κ2) is 10.9. The second-order valence-corrected chi connectivity index (χ2v) is 8.14. The van der Waals surface area contributed by atoms with Crippen LogP contribution < -0.4 is 5.32 Å². The molecule has 1 aliphatic heterocycles. The first-order chi connectivity index (χ1) is 11.5. The van der Waals surface area contributed by atoms with Gasteiger partial charge in [-0.25, -0.2) is 0 Å². The molecule has 2 fully saturated rings. The standard InChI is InChI=1S/C19H38N4O.HI/c1-16-6-8-17(9-7-16)14-23(5)18(20-2)21-15-19(22(3)4)10-12-24-13-11-19;/h16-17H,6-15H2,1-5H3,(H,20,21);1H. The van der Waals surface area contributed by atoms with Gasteiger partial charge in [-0.3, -0.25) is 4.99 Å². The fourth-order valence-corrected chi connectivity index (χ4v) is 4.15. The molecule has 1 N–H and O–H groups in total. The van der Waals surface area contributed by atoms with Crippen LogP contribution in [0.15, 0.2) is 4.99 Å². The molecule has 0 bridgehead atoms. The van der Waals surface area contributed by atoms with Crippen molar-refractivity contribution in [3.05, 3.63) is 0 Å². The van der Waals surface area contributed by atoms with Gasteiger partial charge in [0.05, 0.1) is 0 Å². The molecule has 0 spiro atoms. The van der Waals surface area contributed by atoms with E-state index in [-0.39, 0.29) is 29.5 Å². The first kappa shape index (κ1) is 23.0. The second-order valence-electron chi connectivity index (χ2n) is 8.14. The zero-order valence-electron chi connectivity index (χ0n) is 16.9. The van der Waals surface area contributed by atoms with Crippen LogP contribution in [0.4, 0.5) is 0 Å². The average molecular weight is 466 g/mol. The van der Waals surface area contributed by atoms with E-state index in [9.17, 15) is 0 Å². The number of nitrogens with one attached hydrogen (secondary N) is 1. The topological polar surface area (TPSA) is 40.1 Å². The van der Waals surface area contributed by atoms with Gasteiger partial charge in [-0.15, -0.1) is 24.0 Å². The van der Waals surface area contributed by atoms with Crippen molar-refractivity contribution in [2.75, 3.05) is 54.5 Å². The van der Waals surface area contributed by atoms with Crippen LogP contribution >= 0.6 is 24.0 Å². The Kier molecular flexibility index (Phi) is 10.0. The highest BCUT2D eigenvalue weighted by atomic mass is 127. The predicted octanol–water partition coefficient (Wildman–Crippen LogP) is 3.05. The van der Waals surface area contributed by atoms with E-state index in [1.54, 1.807) is 0 Å². The maximum atomic E-state index is 5.57. The molecule has 1 saturated heterocycles. The number of rotatable bonds is 5.